The van der Waals surface area contributed by atoms with Crippen molar-refractivity contribution < 1.29 is 0 Å². The van der Waals surface area contributed by atoms with Crippen LogP contribution in [0.4, 0.5) is 0 Å². The van der Waals surface area contributed by atoms with Gasteiger partial charge in [0.05, 0.1) is 0 Å². The number of hydrogen-bond acceptors (Lipinski definition) is 0. The molecule has 0 aliphatic heterocycles. The van der Waals surface area contributed by atoms with Crippen molar-refractivity contribution in [2.75, 3.05) is 0 Å². The molecule has 0 radical (unpaired) electrons. The molecule has 0 saturated heterocycles. The Morgan fingerprint density at radius 1 is 0.190 bits per heavy atom. The summed E-state index contributed by atoms with van der Waals surface area (Å²) in [5.74, 6) is 0. The van der Waals surface area contributed by atoms with Gasteiger partial charge in [-0.1, -0.05) is 278 Å². The van der Waals surface area contributed by atoms with E-state index in [1.165, 1.54) is 177 Å². The van der Waals surface area contributed by atoms with Crippen LogP contribution in [0.5, 0.6) is 0 Å². The lowest BCUT2D eigenvalue weighted by Gasteiger charge is -2.24. The minimum absolute atomic E-state index is 0.0319. The lowest BCUT2D eigenvalue weighted by atomic mass is 9.79. The maximum atomic E-state index is 2.52. The van der Waals surface area contributed by atoms with Crippen LogP contribution in [0.3, 0.4) is 0 Å². The van der Waals surface area contributed by atoms with E-state index < -0.39 is 0 Å². The van der Waals surface area contributed by atoms with Crippen molar-refractivity contribution in [2.24, 2.45) is 0 Å². The maximum absolute atomic E-state index is 2.52. The second-order valence-electron chi connectivity index (χ2n) is 25.5. The van der Waals surface area contributed by atoms with Gasteiger partial charge in [-0.3, -0.25) is 0 Å². The summed E-state index contributed by atoms with van der Waals surface area (Å²) in [7, 11) is 0. The van der Waals surface area contributed by atoms with E-state index in [4.69, 9.17) is 0 Å². The van der Waals surface area contributed by atoms with Crippen LogP contribution in [0.2, 0.25) is 0 Å². The number of hydrogen-bond donors (Lipinski definition) is 0. The summed E-state index contributed by atoms with van der Waals surface area (Å²) in [5, 5.41) is 10.1. The first-order valence-corrected chi connectivity index (χ1v) is 29.8. The van der Waals surface area contributed by atoms with Gasteiger partial charge in [-0.2, -0.15) is 0 Å². The van der Waals surface area contributed by atoms with Gasteiger partial charge >= 0.3 is 0 Å². The van der Waals surface area contributed by atoms with Gasteiger partial charge in [0, 0.05) is 0 Å². The molecule has 0 heterocycles. The Balaban J connectivity index is 1.06. The molecule has 0 atom stereocenters. The number of fused-ring (bicyclic) bond motifs is 9. The molecule has 0 bridgehead atoms. The molecule has 0 N–H and O–H groups in total. The summed E-state index contributed by atoms with van der Waals surface area (Å²) in [6.07, 6.45) is 0. The zero-order valence-electron chi connectivity index (χ0n) is 48.4. The van der Waals surface area contributed by atoms with Crippen LogP contribution in [0.15, 0.2) is 267 Å². The van der Waals surface area contributed by atoms with Gasteiger partial charge in [0.2, 0.25) is 0 Å². The van der Waals surface area contributed by atoms with Crippen molar-refractivity contribution in [3.8, 4) is 122 Å². The largest absolute Gasteiger partial charge is 0.0622 e. The molecule has 0 spiro atoms. The van der Waals surface area contributed by atoms with E-state index in [0.29, 0.717) is 0 Å². The van der Waals surface area contributed by atoms with E-state index >= 15 is 0 Å². The summed E-state index contributed by atoms with van der Waals surface area (Å²) in [5.41, 5.74) is 30.3. The van der Waals surface area contributed by atoms with Gasteiger partial charge < -0.3 is 0 Å². The Morgan fingerprint density at radius 3 is 0.893 bits per heavy atom. The highest BCUT2D eigenvalue weighted by atomic mass is 14.4. The van der Waals surface area contributed by atoms with Crippen molar-refractivity contribution in [2.45, 2.75) is 52.4 Å². The molecule has 0 saturated carbocycles. The lowest BCUT2D eigenvalue weighted by molar-refractivity contribution is 0.590. The monoisotopic (exact) mass is 1070 g/mol. The molecule has 14 aromatic rings. The van der Waals surface area contributed by atoms with Crippen molar-refractivity contribution in [3.05, 3.63) is 278 Å². The SMILES string of the molecule is CC(C)(C)c1cccc(-c2c3c(c(-c4cccc(C(C)(C)C)c4)c4ccccc24)-c2ccc4c5c(ccc-3c25)-c2c-4c(-c3cccc(-c4ccccc4)c3)c3cc4cc(-c5ccccc5)ccc4cc3c2-c2cccc(-c3ccccc3)c2)c1. The number of rotatable bonds is 7. The predicted octanol–water partition coefficient (Wildman–Crippen LogP) is 23.9. The van der Waals surface area contributed by atoms with Crippen LogP contribution in [-0.4, -0.2) is 0 Å². The van der Waals surface area contributed by atoms with E-state index in [1.807, 2.05) is 0 Å². The second-order valence-corrected chi connectivity index (χ2v) is 25.5. The highest BCUT2D eigenvalue weighted by molar-refractivity contribution is 6.36. The molecular weight excluding hydrogens is 1010 g/mol. The molecule has 0 aromatic heterocycles. The summed E-state index contributed by atoms with van der Waals surface area (Å²) in [6, 6.07) is 101. The average Bonchev–Trinajstić information content (AvgIpc) is 1.51. The average molecular weight is 1070 g/mol. The highest BCUT2D eigenvalue weighted by Crippen LogP contribution is 2.65. The Bertz CT molecular complexity index is 4930. The van der Waals surface area contributed by atoms with Gasteiger partial charge in [-0.25, -0.2) is 0 Å². The van der Waals surface area contributed by atoms with E-state index in [2.05, 4.69) is 308 Å². The molecule has 0 fully saturated rings. The van der Waals surface area contributed by atoms with Crippen molar-refractivity contribution in [3.63, 3.8) is 0 Å². The van der Waals surface area contributed by atoms with E-state index in [9.17, 15) is 0 Å². The molecule has 84 heavy (non-hydrogen) atoms. The molecule has 16 rings (SSSR count). The van der Waals surface area contributed by atoms with Crippen LogP contribution in [0.1, 0.15) is 52.7 Å². The van der Waals surface area contributed by atoms with Crippen LogP contribution in [0, 0.1) is 0 Å². The molecule has 0 heteroatoms. The van der Waals surface area contributed by atoms with Gasteiger partial charge in [0.1, 0.15) is 0 Å². The third-order valence-electron chi connectivity index (χ3n) is 18.4. The summed E-state index contributed by atoms with van der Waals surface area (Å²) >= 11 is 0. The molecule has 0 nitrogen and oxygen atoms in total. The normalized spacial score (nSPS) is 12.4. The fourth-order valence-corrected chi connectivity index (χ4v) is 14.3. The standard InChI is InChI=1S/C84H62/c1-83(2,3)63-34-20-32-60(47-63)73-65-36-16-17-37-66(65)74(61-33-21-35-64(48-61)84(4,5)6)80-68-41-43-70-78-69(42-40-67(77(68)78)79(73)80)81-75(58-30-18-28-54(44-58)51-22-10-7-11-23-51)71-49-57-39-38-56(53-26-14-9-15-27-53)46-62(57)50-72(71)76(82(70)81)59-31-19-29-55(45-59)52-24-12-8-13-25-52/h7-50H,1-6H3. The molecule has 398 valence electrons. The van der Waals surface area contributed by atoms with E-state index in [0.717, 1.165) is 0 Å². The van der Waals surface area contributed by atoms with Crippen molar-refractivity contribution in [1.82, 2.24) is 0 Å². The van der Waals surface area contributed by atoms with Gasteiger partial charge in [-0.05, 0) is 218 Å². The van der Waals surface area contributed by atoms with Crippen LogP contribution in [0.25, 0.3) is 165 Å². The van der Waals surface area contributed by atoms with Crippen LogP contribution in [-0.2, 0) is 10.8 Å². The summed E-state index contributed by atoms with van der Waals surface area (Å²) < 4.78 is 0. The van der Waals surface area contributed by atoms with Gasteiger partial charge in [0.25, 0.3) is 0 Å². The van der Waals surface area contributed by atoms with E-state index in [-0.39, 0.29) is 10.8 Å². The highest BCUT2D eigenvalue weighted by Gasteiger charge is 2.38. The first-order chi connectivity index (χ1) is 40.9. The summed E-state index contributed by atoms with van der Waals surface area (Å²) in [4.78, 5) is 0. The predicted molar refractivity (Wildman–Crippen MR) is 361 cm³/mol. The van der Waals surface area contributed by atoms with E-state index in [1.54, 1.807) is 0 Å². The molecule has 0 unspecified atom stereocenters. The topological polar surface area (TPSA) is 0 Å². The van der Waals surface area contributed by atoms with Crippen LogP contribution < -0.4 is 0 Å². The lowest BCUT2D eigenvalue weighted by Crippen LogP contribution is -2.11. The zero-order chi connectivity index (χ0) is 56.6. The Hall–Kier alpha value is -9.88. The minimum atomic E-state index is -0.0319. The van der Waals surface area contributed by atoms with Crippen molar-refractivity contribution >= 4 is 43.1 Å². The Labute approximate surface area is 493 Å². The molecular formula is C84H62. The quantitative estimate of drug-likeness (QED) is 0.140. The molecule has 2 aliphatic carbocycles. The Morgan fingerprint density at radius 2 is 0.500 bits per heavy atom. The third-order valence-corrected chi connectivity index (χ3v) is 18.4. The Kier molecular flexibility index (Phi) is 11.2. The second kappa shape index (κ2) is 18.8. The maximum Gasteiger partial charge on any atom is -0.000740 e. The molecule has 0 amide bonds. The third kappa shape index (κ3) is 7.81. The van der Waals surface area contributed by atoms with Gasteiger partial charge in [0.15, 0.2) is 0 Å². The van der Waals surface area contributed by atoms with Crippen LogP contribution >= 0.6 is 0 Å². The fraction of sp³-hybridized carbons (Fsp3) is 0.0952. The molecule has 14 aromatic carbocycles. The number of benzene rings is 14. The fourth-order valence-electron chi connectivity index (χ4n) is 14.3. The minimum Gasteiger partial charge on any atom is -0.0622 e. The first-order valence-electron chi connectivity index (χ1n) is 29.8. The first kappa shape index (κ1) is 49.9. The van der Waals surface area contributed by atoms with Gasteiger partial charge in [-0.15, -0.1) is 0 Å². The molecule has 2 aliphatic rings. The zero-order valence-corrected chi connectivity index (χ0v) is 48.4. The summed E-state index contributed by atoms with van der Waals surface area (Å²) in [6.45, 7) is 14.0. The van der Waals surface area contributed by atoms with Crippen molar-refractivity contribution in [1.29, 1.82) is 0 Å². The smallest absolute Gasteiger partial charge is 0.000740 e.